The topological polar surface area (TPSA) is 66.9 Å². The van der Waals surface area contributed by atoms with Gasteiger partial charge in [0.05, 0.1) is 11.2 Å². The Morgan fingerprint density at radius 1 is 0.929 bits per heavy atom. The molecular weight excluding hydrogens is 355 g/mol. The number of carbonyl (C=O) groups is 1. The Hall–Kier alpha value is -3.80. The van der Waals surface area contributed by atoms with Gasteiger partial charge in [-0.3, -0.25) is 14.8 Å². The lowest BCUT2D eigenvalue weighted by molar-refractivity contribution is 0.102. The first kappa shape index (κ1) is 17.6. The molecule has 0 aliphatic carbocycles. The van der Waals surface area contributed by atoms with Crippen molar-refractivity contribution in [3.8, 4) is 0 Å². The Morgan fingerprint density at radius 3 is 2.61 bits per heavy atom. The van der Waals surface area contributed by atoms with Crippen molar-refractivity contribution >= 4 is 28.2 Å². The highest BCUT2D eigenvalue weighted by Crippen LogP contribution is 2.21. The molecule has 4 rings (SSSR count). The SMILES string of the molecule is O=C(Nc1cccc2cccnc12)c1cc(NCc2ccc(F)cc2)ccn1. The first-order valence-corrected chi connectivity index (χ1v) is 8.78. The summed E-state index contributed by atoms with van der Waals surface area (Å²) >= 11 is 0. The summed E-state index contributed by atoms with van der Waals surface area (Å²) in [6.45, 7) is 0.512. The minimum absolute atomic E-state index is 0.269. The molecule has 2 N–H and O–H groups in total. The van der Waals surface area contributed by atoms with Crippen LogP contribution < -0.4 is 10.6 Å². The van der Waals surface area contributed by atoms with Crippen LogP contribution in [0, 0.1) is 5.82 Å². The zero-order valence-electron chi connectivity index (χ0n) is 14.9. The predicted octanol–water partition coefficient (Wildman–Crippen LogP) is 4.63. The van der Waals surface area contributed by atoms with Crippen LogP contribution in [0.1, 0.15) is 16.1 Å². The highest BCUT2D eigenvalue weighted by Gasteiger charge is 2.11. The number of aromatic nitrogens is 2. The average Bonchev–Trinajstić information content (AvgIpc) is 2.74. The van der Waals surface area contributed by atoms with Gasteiger partial charge >= 0.3 is 0 Å². The third-order valence-electron chi connectivity index (χ3n) is 4.28. The van der Waals surface area contributed by atoms with Crippen molar-refractivity contribution in [2.45, 2.75) is 6.54 Å². The molecule has 1 amide bonds. The summed E-state index contributed by atoms with van der Waals surface area (Å²) < 4.78 is 13.0. The lowest BCUT2D eigenvalue weighted by Crippen LogP contribution is -2.14. The van der Waals surface area contributed by atoms with Crippen LogP contribution in [-0.2, 0) is 6.54 Å². The summed E-state index contributed by atoms with van der Waals surface area (Å²) in [5.74, 6) is -0.585. The van der Waals surface area contributed by atoms with Crippen LogP contribution >= 0.6 is 0 Å². The van der Waals surface area contributed by atoms with Gasteiger partial charge in [0.15, 0.2) is 0 Å². The van der Waals surface area contributed by atoms with E-state index in [-0.39, 0.29) is 17.4 Å². The molecule has 0 saturated heterocycles. The van der Waals surface area contributed by atoms with Crippen molar-refractivity contribution in [3.63, 3.8) is 0 Å². The lowest BCUT2D eigenvalue weighted by Gasteiger charge is -2.10. The van der Waals surface area contributed by atoms with E-state index >= 15 is 0 Å². The second-order valence-corrected chi connectivity index (χ2v) is 6.24. The number of amides is 1. The molecule has 0 fully saturated rings. The molecule has 0 atom stereocenters. The molecule has 0 aliphatic heterocycles. The summed E-state index contributed by atoms with van der Waals surface area (Å²) in [6, 6.07) is 19.1. The van der Waals surface area contributed by atoms with Gasteiger partial charge in [-0.15, -0.1) is 0 Å². The molecule has 4 aromatic rings. The van der Waals surface area contributed by atoms with Crippen LogP contribution in [-0.4, -0.2) is 15.9 Å². The third-order valence-corrected chi connectivity index (χ3v) is 4.28. The molecule has 5 nitrogen and oxygen atoms in total. The Morgan fingerprint density at radius 2 is 1.75 bits per heavy atom. The Kier molecular flexibility index (Phi) is 4.93. The quantitative estimate of drug-likeness (QED) is 0.536. The van der Waals surface area contributed by atoms with Crippen LogP contribution in [0.25, 0.3) is 10.9 Å². The molecule has 0 bridgehead atoms. The highest BCUT2D eigenvalue weighted by atomic mass is 19.1. The molecule has 0 radical (unpaired) electrons. The number of pyridine rings is 2. The normalized spacial score (nSPS) is 10.6. The highest BCUT2D eigenvalue weighted by molar-refractivity contribution is 6.07. The Balaban J connectivity index is 1.48. The number of anilines is 2. The number of nitrogens with zero attached hydrogens (tertiary/aromatic N) is 2. The average molecular weight is 372 g/mol. The summed E-state index contributed by atoms with van der Waals surface area (Å²) in [7, 11) is 0. The van der Waals surface area contributed by atoms with Crippen LogP contribution in [0.3, 0.4) is 0 Å². The van der Waals surface area contributed by atoms with E-state index in [0.29, 0.717) is 12.2 Å². The maximum atomic E-state index is 13.0. The van der Waals surface area contributed by atoms with Gasteiger partial charge in [0.1, 0.15) is 11.5 Å². The molecule has 0 saturated carbocycles. The first-order valence-electron chi connectivity index (χ1n) is 8.78. The molecular formula is C22H17FN4O. The van der Waals surface area contributed by atoms with E-state index in [0.717, 1.165) is 22.2 Å². The minimum atomic E-state index is -0.316. The van der Waals surface area contributed by atoms with Gasteiger partial charge in [0.2, 0.25) is 0 Å². The van der Waals surface area contributed by atoms with Gasteiger partial charge in [-0.05, 0) is 42.0 Å². The first-order chi connectivity index (χ1) is 13.7. The number of carbonyl (C=O) groups excluding carboxylic acids is 1. The van der Waals surface area contributed by atoms with Crippen molar-refractivity contribution in [2.24, 2.45) is 0 Å². The van der Waals surface area contributed by atoms with Crippen molar-refractivity contribution < 1.29 is 9.18 Å². The number of rotatable bonds is 5. The molecule has 138 valence electrons. The van der Waals surface area contributed by atoms with E-state index in [9.17, 15) is 9.18 Å². The summed E-state index contributed by atoms with van der Waals surface area (Å²) in [6.07, 6.45) is 3.26. The van der Waals surface area contributed by atoms with Gasteiger partial charge in [0, 0.05) is 30.0 Å². The summed E-state index contributed by atoms with van der Waals surface area (Å²) in [5, 5.41) is 7.04. The van der Waals surface area contributed by atoms with Crippen molar-refractivity contribution in [2.75, 3.05) is 10.6 Å². The van der Waals surface area contributed by atoms with Gasteiger partial charge < -0.3 is 10.6 Å². The molecule has 28 heavy (non-hydrogen) atoms. The van der Waals surface area contributed by atoms with Gasteiger partial charge in [0.25, 0.3) is 5.91 Å². The summed E-state index contributed by atoms with van der Waals surface area (Å²) in [5.41, 5.74) is 3.34. The second-order valence-electron chi connectivity index (χ2n) is 6.24. The maximum Gasteiger partial charge on any atom is 0.274 e. The monoisotopic (exact) mass is 372 g/mol. The number of para-hydroxylation sites is 1. The van der Waals surface area contributed by atoms with E-state index in [4.69, 9.17) is 0 Å². The maximum absolute atomic E-state index is 13.0. The van der Waals surface area contributed by atoms with E-state index in [1.165, 1.54) is 12.1 Å². The molecule has 6 heteroatoms. The van der Waals surface area contributed by atoms with Crippen molar-refractivity contribution in [1.29, 1.82) is 0 Å². The number of benzene rings is 2. The zero-order chi connectivity index (χ0) is 19.3. The molecule has 2 heterocycles. The molecule has 2 aromatic carbocycles. The fourth-order valence-electron chi connectivity index (χ4n) is 2.86. The van der Waals surface area contributed by atoms with Crippen molar-refractivity contribution in [1.82, 2.24) is 9.97 Å². The van der Waals surface area contributed by atoms with Crippen molar-refractivity contribution in [3.05, 3.63) is 96.2 Å². The number of hydrogen-bond acceptors (Lipinski definition) is 4. The molecule has 2 aromatic heterocycles. The van der Waals surface area contributed by atoms with E-state index in [1.807, 2.05) is 30.3 Å². The van der Waals surface area contributed by atoms with E-state index in [2.05, 4.69) is 20.6 Å². The fraction of sp³-hybridized carbons (Fsp3) is 0.0455. The van der Waals surface area contributed by atoms with Gasteiger partial charge in [-0.2, -0.15) is 0 Å². The largest absolute Gasteiger partial charge is 0.381 e. The molecule has 0 unspecified atom stereocenters. The number of halogens is 1. The summed E-state index contributed by atoms with van der Waals surface area (Å²) in [4.78, 5) is 21.2. The number of fused-ring (bicyclic) bond motifs is 1. The molecule has 0 aliphatic rings. The fourth-order valence-corrected chi connectivity index (χ4v) is 2.86. The van der Waals surface area contributed by atoms with E-state index in [1.54, 1.807) is 36.7 Å². The Labute approximate surface area is 161 Å². The van der Waals surface area contributed by atoms with Crippen LogP contribution in [0.5, 0.6) is 0 Å². The number of nitrogens with one attached hydrogen (secondary N) is 2. The smallest absolute Gasteiger partial charge is 0.274 e. The predicted molar refractivity (Wildman–Crippen MR) is 108 cm³/mol. The number of hydrogen-bond donors (Lipinski definition) is 2. The molecule has 0 spiro atoms. The standard InChI is InChI=1S/C22H17FN4O/c23-17-8-6-15(7-9-17)14-26-18-10-12-24-20(13-18)22(28)27-19-5-1-3-16-4-2-11-25-21(16)19/h1-13H,14H2,(H,24,26)(H,27,28). The second kappa shape index (κ2) is 7.84. The van der Waals surface area contributed by atoms with Crippen LogP contribution in [0.4, 0.5) is 15.8 Å². The Bertz CT molecular complexity index is 1120. The zero-order valence-corrected chi connectivity index (χ0v) is 14.9. The third kappa shape index (κ3) is 3.96. The van der Waals surface area contributed by atoms with Gasteiger partial charge in [-0.25, -0.2) is 4.39 Å². The van der Waals surface area contributed by atoms with Crippen LogP contribution in [0.2, 0.25) is 0 Å². The van der Waals surface area contributed by atoms with Crippen LogP contribution in [0.15, 0.2) is 79.1 Å². The van der Waals surface area contributed by atoms with E-state index < -0.39 is 0 Å². The van der Waals surface area contributed by atoms with Gasteiger partial charge in [-0.1, -0.05) is 30.3 Å². The lowest BCUT2D eigenvalue weighted by atomic mass is 10.2. The minimum Gasteiger partial charge on any atom is -0.381 e.